The van der Waals surface area contributed by atoms with Crippen LogP contribution in [0.4, 0.5) is 0 Å². The van der Waals surface area contributed by atoms with Gasteiger partial charge in [0, 0.05) is 7.11 Å². The van der Waals surface area contributed by atoms with Crippen LogP contribution in [-0.2, 0) is 4.74 Å². The Balaban J connectivity index is 3.14. The predicted molar refractivity (Wildman–Crippen MR) is 28.2 cm³/mol. The molecule has 2 heteroatoms. The molecule has 1 unspecified atom stereocenters. The number of hydrogen-bond donors (Lipinski definition) is 1. The van der Waals surface area contributed by atoms with Gasteiger partial charge in [-0.3, -0.25) is 0 Å². The zero-order valence-corrected chi connectivity index (χ0v) is 5.01. The number of aliphatic hydroxyl groups is 1. The Kier molecular flexibility index (Phi) is 2.96. The van der Waals surface area contributed by atoms with Crippen molar-refractivity contribution in [2.24, 2.45) is 0 Å². The molecule has 0 aliphatic heterocycles. The molecule has 0 aromatic rings. The summed E-state index contributed by atoms with van der Waals surface area (Å²) in [6.45, 7) is 3.53. The van der Waals surface area contributed by atoms with Crippen LogP contribution in [0.2, 0.25) is 0 Å². The molecule has 0 saturated carbocycles. The van der Waals surface area contributed by atoms with E-state index in [2.05, 4.69) is 0 Å². The van der Waals surface area contributed by atoms with Crippen molar-refractivity contribution < 1.29 is 9.84 Å². The van der Waals surface area contributed by atoms with Crippen molar-refractivity contribution in [2.45, 2.75) is 26.1 Å². The van der Waals surface area contributed by atoms with E-state index >= 15 is 0 Å². The highest BCUT2D eigenvalue weighted by Gasteiger charge is 2.03. The number of ether oxygens (including phenoxy) is 1. The summed E-state index contributed by atoms with van der Waals surface area (Å²) in [5.74, 6) is 0. The topological polar surface area (TPSA) is 29.5 Å². The Hall–Kier alpha value is -0.0800. The van der Waals surface area contributed by atoms with Crippen LogP contribution in [0.25, 0.3) is 0 Å². The second-order valence-electron chi connectivity index (χ2n) is 1.68. The lowest BCUT2D eigenvalue weighted by atomic mass is 10.3. The van der Waals surface area contributed by atoms with Gasteiger partial charge in [-0.05, 0) is 13.8 Å². The fraction of sp³-hybridized carbons (Fsp3) is 1.00. The molecule has 2 nitrogen and oxygen atoms in total. The summed E-state index contributed by atoms with van der Waals surface area (Å²) in [5.41, 5.74) is 0. The molecule has 0 aliphatic carbocycles. The molecule has 0 radical (unpaired) electrons. The summed E-state index contributed by atoms with van der Waals surface area (Å²) in [4.78, 5) is 0. The lowest BCUT2D eigenvalue weighted by Gasteiger charge is -2.10. The Morgan fingerprint density at radius 3 is 1.86 bits per heavy atom. The van der Waals surface area contributed by atoms with Crippen LogP contribution in [0.3, 0.4) is 0 Å². The van der Waals surface area contributed by atoms with Gasteiger partial charge in [0.25, 0.3) is 0 Å². The summed E-state index contributed by atoms with van der Waals surface area (Å²) >= 11 is 0. The van der Waals surface area contributed by atoms with Crippen molar-refractivity contribution in [3.8, 4) is 0 Å². The molecular formula is C5H12O2. The minimum atomic E-state index is -0.356. The first-order chi connectivity index (χ1) is 3.18. The highest BCUT2D eigenvalue weighted by atomic mass is 16.5. The molecule has 0 fully saturated rings. The van der Waals surface area contributed by atoms with Gasteiger partial charge in [-0.2, -0.15) is 0 Å². The molecule has 0 aromatic carbocycles. The summed E-state index contributed by atoms with van der Waals surface area (Å²) in [7, 11) is 1.58. The van der Waals surface area contributed by atoms with E-state index in [1.54, 1.807) is 14.0 Å². The first-order valence-corrected chi connectivity index (χ1v) is 2.39. The minimum Gasteiger partial charge on any atom is -0.391 e. The summed E-state index contributed by atoms with van der Waals surface area (Å²) < 4.78 is 4.76. The van der Waals surface area contributed by atoms with Crippen LogP contribution in [0.15, 0.2) is 0 Å². The summed E-state index contributed by atoms with van der Waals surface area (Å²) in [6.07, 6.45) is -0.398. The maximum Gasteiger partial charge on any atom is 0.0799 e. The molecule has 1 N–H and O–H groups in total. The maximum atomic E-state index is 8.70. The third kappa shape index (κ3) is 2.60. The summed E-state index contributed by atoms with van der Waals surface area (Å²) in [5, 5.41) is 8.70. The van der Waals surface area contributed by atoms with Gasteiger partial charge in [0.2, 0.25) is 0 Å². The van der Waals surface area contributed by atoms with Crippen molar-refractivity contribution in [3.05, 3.63) is 0 Å². The van der Waals surface area contributed by atoms with Crippen molar-refractivity contribution in [2.75, 3.05) is 7.11 Å². The second kappa shape index (κ2) is 2.99. The second-order valence-corrected chi connectivity index (χ2v) is 1.68. The molecule has 0 rings (SSSR count). The summed E-state index contributed by atoms with van der Waals surface area (Å²) in [6, 6.07) is 0. The van der Waals surface area contributed by atoms with Crippen LogP contribution < -0.4 is 0 Å². The first-order valence-electron chi connectivity index (χ1n) is 2.39. The van der Waals surface area contributed by atoms with Crippen molar-refractivity contribution in [1.82, 2.24) is 0 Å². The van der Waals surface area contributed by atoms with E-state index in [0.717, 1.165) is 0 Å². The molecule has 0 saturated heterocycles. The standard InChI is InChI=1S/C5H12O2/c1-4(6)5(2)7-3/h4-6H,1-3H3/t4?,5-/m1/s1. The molecule has 0 aromatic heterocycles. The monoisotopic (exact) mass is 104 g/mol. The van der Waals surface area contributed by atoms with Crippen LogP contribution in [0, 0.1) is 0 Å². The molecule has 0 heterocycles. The average Bonchev–Trinajstić information content (AvgIpc) is 1.65. The predicted octanol–water partition coefficient (Wildman–Crippen LogP) is 0.402. The minimum absolute atomic E-state index is 0.0417. The number of hydrogen-bond acceptors (Lipinski definition) is 2. The molecule has 0 bridgehead atoms. The van der Waals surface area contributed by atoms with Crippen LogP contribution in [0.1, 0.15) is 13.8 Å². The third-order valence-electron chi connectivity index (χ3n) is 1.05. The zero-order chi connectivity index (χ0) is 5.86. The molecule has 44 valence electrons. The van der Waals surface area contributed by atoms with Crippen molar-refractivity contribution in [1.29, 1.82) is 0 Å². The zero-order valence-electron chi connectivity index (χ0n) is 5.01. The molecule has 0 spiro atoms. The lowest BCUT2D eigenvalue weighted by Crippen LogP contribution is -2.20. The fourth-order valence-corrected chi connectivity index (χ4v) is 0.197. The van der Waals surface area contributed by atoms with E-state index in [4.69, 9.17) is 9.84 Å². The fourth-order valence-electron chi connectivity index (χ4n) is 0.197. The van der Waals surface area contributed by atoms with Crippen LogP contribution in [0.5, 0.6) is 0 Å². The number of aliphatic hydroxyl groups excluding tert-OH is 1. The quantitative estimate of drug-likeness (QED) is 0.549. The van der Waals surface area contributed by atoms with Crippen molar-refractivity contribution >= 4 is 0 Å². The van der Waals surface area contributed by atoms with Crippen molar-refractivity contribution in [3.63, 3.8) is 0 Å². The van der Waals surface area contributed by atoms with Gasteiger partial charge in [0.1, 0.15) is 0 Å². The highest BCUT2D eigenvalue weighted by molar-refractivity contribution is 4.53. The molecule has 0 aliphatic rings. The van der Waals surface area contributed by atoms with Gasteiger partial charge < -0.3 is 9.84 Å². The molecule has 0 amide bonds. The van der Waals surface area contributed by atoms with E-state index < -0.39 is 0 Å². The van der Waals surface area contributed by atoms with E-state index in [9.17, 15) is 0 Å². The first kappa shape index (κ1) is 6.92. The lowest BCUT2D eigenvalue weighted by molar-refractivity contribution is 0.00997. The smallest absolute Gasteiger partial charge is 0.0799 e. The normalized spacial score (nSPS) is 18.9. The van der Waals surface area contributed by atoms with Gasteiger partial charge in [-0.1, -0.05) is 0 Å². The molecule has 7 heavy (non-hydrogen) atoms. The van der Waals surface area contributed by atoms with E-state index in [1.807, 2.05) is 6.92 Å². The largest absolute Gasteiger partial charge is 0.391 e. The highest BCUT2D eigenvalue weighted by Crippen LogP contribution is 1.92. The van der Waals surface area contributed by atoms with Gasteiger partial charge in [-0.25, -0.2) is 0 Å². The number of rotatable bonds is 2. The Bertz CT molecular complexity index is 43.3. The Morgan fingerprint density at radius 1 is 1.43 bits per heavy atom. The third-order valence-corrected chi connectivity index (χ3v) is 1.05. The van der Waals surface area contributed by atoms with E-state index in [0.29, 0.717) is 0 Å². The van der Waals surface area contributed by atoms with Gasteiger partial charge >= 0.3 is 0 Å². The Labute approximate surface area is 44.1 Å². The molecule has 2 atom stereocenters. The van der Waals surface area contributed by atoms with Crippen LogP contribution >= 0.6 is 0 Å². The Morgan fingerprint density at radius 2 is 1.86 bits per heavy atom. The molecular weight excluding hydrogens is 92.1 g/mol. The van der Waals surface area contributed by atoms with Crippen LogP contribution in [-0.4, -0.2) is 24.4 Å². The van der Waals surface area contributed by atoms with E-state index in [1.165, 1.54) is 0 Å². The van der Waals surface area contributed by atoms with Gasteiger partial charge in [-0.15, -0.1) is 0 Å². The van der Waals surface area contributed by atoms with E-state index in [-0.39, 0.29) is 12.2 Å². The SMILES string of the molecule is CO[C@H](C)C(C)O. The van der Waals surface area contributed by atoms with Gasteiger partial charge in [0.05, 0.1) is 12.2 Å². The maximum absolute atomic E-state index is 8.70. The average molecular weight is 104 g/mol. The number of methoxy groups -OCH3 is 1. The van der Waals surface area contributed by atoms with Gasteiger partial charge in [0.15, 0.2) is 0 Å².